The van der Waals surface area contributed by atoms with Crippen molar-refractivity contribution in [2.45, 2.75) is 51.4 Å². The van der Waals surface area contributed by atoms with Crippen molar-refractivity contribution in [2.24, 2.45) is 5.92 Å². The normalized spacial score (nSPS) is 16.7. The predicted molar refractivity (Wildman–Crippen MR) is 75.4 cm³/mol. The molecular formula is C16H23NO. The number of hydrogen-bond acceptors (Lipinski definition) is 2. The Labute approximate surface area is 110 Å². The van der Waals surface area contributed by atoms with Gasteiger partial charge in [-0.15, -0.1) is 0 Å². The SMILES string of the molecule is Nc1ccc(CC(=O)CCC2CCCCC2)cc1. The highest BCUT2D eigenvalue weighted by atomic mass is 16.1. The maximum atomic E-state index is 11.9. The van der Waals surface area contributed by atoms with Crippen LogP contribution in [0.1, 0.15) is 50.5 Å². The first-order chi connectivity index (χ1) is 8.74. The van der Waals surface area contributed by atoms with E-state index in [1.54, 1.807) is 0 Å². The maximum absolute atomic E-state index is 11.9. The van der Waals surface area contributed by atoms with E-state index in [1.807, 2.05) is 24.3 Å². The van der Waals surface area contributed by atoms with Crippen LogP contribution in [-0.4, -0.2) is 5.78 Å². The minimum Gasteiger partial charge on any atom is -0.399 e. The van der Waals surface area contributed by atoms with Crippen molar-refractivity contribution in [3.8, 4) is 0 Å². The molecule has 18 heavy (non-hydrogen) atoms. The molecule has 1 aromatic carbocycles. The van der Waals surface area contributed by atoms with Crippen LogP contribution in [0.4, 0.5) is 5.69 Å². The molecule has 2 N–H and O–H groups in total. The van der Waals surface area contributed by atoms with E-state index in [9.17, 15) is 4.79 Å². The minimum atomic E-state index is 0.366. The second kappa shape index (κ2) is 6.58. The fraction of sp³-hybridized carbons (Fsp3) is 0.562. The highest BCUT2D eigenvalue weighted by Crippen LogP contribution is 2.27. The molecule has 0 saturated heterocycles. The van der Waals surface area contributed by atoms with Crippen molar-refractivity contribution >= 4 is 11.5 Å². The van der Waals surface area contributed by atoms with E-state index >= 15 is 0 Å². The number of hydrogen-bond donors (Lipinski definition) is 1. The van der Waals surface area contributed by atoms with E-state index < -0.39 is 0 Å². The molecule has 0 atom stereocenters. The van der Waals surface area contributed by atoms with Gasteiger partial charge in [0.05, 0.1) is 0 Å². The van der Waals surface area contributed by atoms with E-state index in [4.69, 9.17) is 5.73 Å². The van der Waals surface area contributed by atoms with Gasteiger partial charge in [0.2, 0.25) is 0 Å². The predicted octanol–water partition coefficient (Wildman–Crippen LogP) is 3.74. The number of nitrogen functional groups attached to an aromatic ring is 1. The molecule has 0 unspecified atom stereocenters. The molecule has 0 aromatic heterocycles. The van der Waals surface area contributed by atoms with E-state index in [0.29, 0.717) is 12.2 Å². The first-order valence-corrected chi connectivity index (χ1v) is 7.10. The van der Waals surface area contributed by atoms with Crippen LogP contribution in [0.5, 0.6) is 0 Å². The average Bonchev–Trinajstić information content (AvgIpc) is 2.40. The zero-order chi connectivity index (χ0) is 12.8. The van der Waals surface area contributed by atoms with Gasteiger partial charge in [0, 0.05) is 18.5 Å². The first-order valence-electron chi connectivity index (χ1n) is 7.10. The molecule has 1 fully saturated rings. The number of ketones is 1. The molecule has 2 heteroatoms. The molecule has 0 bridgehead atoms. The highest BCUT2D eigenvalue weighted by Gasteiger charge is 2.14. The lowest BCUT2D eigenvalue weighted by Crippen LogP contribution is -2.10. The molecule has 0 amide bonds. The topological polar surface area (TPSA) is 43.1 Å². The molecule has 0 aliphatic heterocycles. The molecule has 2 rings (SSSR count). The van der Waals surface area contributed by atoms with Gasteiger partial charge in [0.25, 0.3) is 0 Å². The van der Waals surface area contributed by atoms with Gasteiger partial charge in [-0.25, -0.2) is 0 Å². The van der Waals surface area contributed by atoms with Gasteiger partial charge in [-0.2, -0.15) is 0 Å². The summed E-state index contributed by atoms with van der Waals surface area (Å²) in [7, 11) is 0. The molecule has 0 radical (unpaired) electrons. The summed E-state index contributed by atoms with van der Waals surface area (Å²) >= 11 is 0. The Morgan fingerprint density at radius 2 is 1.78 bits per heavy atom. The van der Waals surface area contributed by atoms with Crippen molar-refractivity contribution in [2.75, 3.05) is 5.73 Å². The third-order valence-electron chi connectivity index (χ3n) is 3.94. The fourth-order valence-electron chi connectivity index (χ4n) is 2.79. The lowest BCUT2D eigenvalue weighted by atomic mass is 9.85. The van der Waals surface area contributed by atoms with Crippen molar-refractivity contribution in [1.29, 1.82) is 0 Å². The minimum absolute atomic E-state index is 0.366. The van der Waals surface area contributed by atoms with Crippen LogP contribution in [0.25, 0.3) is 0 Å². The Balaban J connectivity index is 1.73. The summed E-state index contributed by atoms with van der Waals surface area (Å²) in [5.74, 6) is 1.17. The molecule has 1 saturated carbocycles. The lowest BCUT2D eigenvalue weighted by Gasteiger charge is -2.20. The standard InChI is InChI=1S/C16H23NO/c17-15-9-6-14(7-10-15)12-16(18)11-8-13-4-2-1-3-5-13/h6-7,9-10,13H,1-5,8,11-12,17H2. The Hall–Kier alpha value is -1.31. The number of Topliss-reactive ketones (excluding diaryl/α,β-unsaturated/α-hetero) is 1. The van der Waals surface area contributed by atoms with Gasteiger partial charge in [0.15, 0.2) is 0 Å². The van der Waals surface area contributed by atoms with Crippen LogP contribution in [0.3, 0.4) is 0 Å². The zero-order valence-corrected chi connectivity index (χ0v) is 11.0. The molecular weight excluding hydrogens is 222 g/mol. The third kappa shape index (κ3) is 4.17. The molecule has 2 nitrogen and oxygen atoms in total. The summed E-state index contributed by atoms with van der Waals surface area (Å²) in [6.45, 7) is 0. The van der Waals surface area contributed by atoms with Crippen LogP contribution >= 0.6 is 0 Å². The second-order valence-electron chi connectivity index (χ2n) is 5.50. The van der Waals surface area contributed by atoms with Crippen LogP contribution in [0, 0.1) is 5.92 Å². The average molecular weight is 245 g/mol. The third-order valence-corrected chi connectivity index (χ3v) is 3.94. The van der Waals surface area contributed by atoms with Crippen LogP contribution in [-0.2, 0) is 11.2 Å². The van der Waals surface area contributed by atoms with Gasteiger partial charge < -0.3 is 5.73 Å². The monoisotopic (exact) mass is 245 g/mol. The van der Waals surface area contributed by atoms with Gasteiger partial charge in [-0.3, -0.25) is 4.79 Å². The maximum Gasteiger partial charge on any atom is 0.137 e. The molecule has 0 heterocycles. The number of carbonyl (C=O) groups excluding carboxylic acids is 1. The van der Waals surface area contributed by atoms with Gasteiger partial charge in [-0.05, 0) is 30.0 Å². The summed E-state index contributed by atoms with van der Waals surface area (Å²) in [4.78, 5) is 11.9. The number of anilines is 1. The van der Waals surface area contributed by atoms with Crippen LogP contribution in [0.2, 0.25) is 0 Å². The molecule has 0 spiro atoms. The summed E-state index contributed by atoms with van der Waals surface area (Å²) in [5.41, 5.74) is 7.47. The lowest BCUT2D eigenvalue weighted by molar-refractivity contribution is -0.118. The van der Waals surface area contributed by atoms with E-state index in [1.165, 1.54) is 32.1 Å². The Morgan fingerprint density at radius 1 is 1.11 bits per heavy atom. The summed E-state index contributed by atoms with van der Waals surface area (Å²) in [5, 5.41) is 0. The van der Waals surface area contributed by atoms with Gasteiger partial charge in [0.1, 0.15) is 5.78 Å². The quantitative estimate of drug-likeness (QED) is 0.803. The van der Waals surface area contributed by atoms with Crippen LogP contribution < -0.4 is 5.73 Å². The Bertz CT molecular complexity index is 377. The Kier molecular flexibility index (Phi) is 4.80. The second-order valence-corrected chi connectivity index (χ2v) is 5.50. The summed E-state index contributed by atoms with van der Waals surface area (Å²) in [6.07, 6.45) is 9.16. The van der Waals surface area contributed by atoms with Crippen molar-refractivity contribution in [3.05, 3.63) is 29.8 Å². The number of nitrogens with two attached hydrogens (primary N) is 1. The summed E-state index contributed by atoms with van der Waals surface area (Å²) in [6, 6.07) is 7.63. The van der Waals surface area contributed by atoms with E-state index in [0.717, 1.165) is 30.0 Å². The van der Waals surface area contributed by atoms with E-state index in [2.05, 4.69) is 0 Å². The van der Waals surface area contributed by atoms with Crippen LogP contribution in [0.15, 0.2) is 24.3 Å². The highest BCUT2D eigenvalue weighted by molar-refractivity contribution is 5.80. The smallest absolute Gasteiger partial charge is 0.137 e. The first kappa shape index (κ1) is 13.1. The van der Waals surface area contributed by atoms with Crippen molar-refractivity contribution in [3.63, 3.8) is 0 Å². The van der Waals surface area contributed by atoms with Crippen molar-refractivity contribution < 1.29 is 4.79 Å². The molecule has 98 valence electrons. The largest absolute Gasteiger partial charge is 0.399 e. The number of rotatable bonds is 5. The zero-order valence-electron chi connectivity index (χ0n) is 11.0. The summed E-state index contributed by atoms with van der Waals surface area (Å²) < 4.78 is 0. The molecule has 1 aromatic rings. The number of carbonyl (C=O) groups is 1. The van der Waals surface area contributed by atoms with E-state index in [-0.39, 0.29) is 0 Å². The number of benzene rings is 1. The molecule has 1 aliphatic carbocycles. The Morgan fingerprint density at radius 3 is 2.44 bits per heavy atom. The van der Waals surface area contributed by atoms with Crippen molar-refractivity contribution in [1.82, 2.24) is 0 Å². The fourth-order valence-corrected chi connectivity index (χ4v) is 2.79. The van der Waals surface area contributed by atoms with Gasteiger partial charge in [-0.1, -0.05) is 44.2 Å². The molecule has 1 aliphatic rings. The van der Waals surface area contributed by atoms with Gasteiger partial charge >= 0.3 is 0 Å².